The molecule has 0 aliphatic carbocycles. The largest absolute Gasteiger partial charge is 0.385 e. The van der Waals surface area contributed by atoms with Crippen LogP contribution in [0.5, 0.6) is 0 Å². The maximum absolute atomic E-state index is 5.11. The molecule has 0 aliphatic rings. The lowest BCUT2D eigenvalue weighted by atomic mass is 10.2. The van der Waals surface area contributed by atoms with Gasteiger partial charge >= 0.3 is 0 Å². The summed E-state index contributed by atoms with van der Waals surface area (Å²) in [5.74, 6) is 2.54. The number of rotatable bonds is 11. The fourth-order valence-corrected chi connectivity index (χ4v) is 2.75. The van der Waals surface area contributed by atoms with Crippen LogP contribution in [0.25, 0.3) is 0 Å². The highest BCUT2D eigenvalue weighted by Gasteiger charge is 2.13. The second kappa shape index (κ2) is 14.1. The van der Waals surface area contributed by atoms with E-state index in [4.69, 9.17) is 4.74 Å². The van der Waals surface area contributed by atoms with Crippen molar-refractivity contribution < 1.29 is 4.74 Å². The van der Waals surface area contributed by atoms with Crippen molar-refractivity contribution in [2.45, 2.75) is 59.7 Å². The van der Waals surface area contributed by atoms with E-state index in [0.29, 0.717) is 18.6 Å². The summed E-state index contributed by atoms with van der Waals surface area (Å²) in [6.45, 7) is 14.7. The van der Waals surface area contributed by atoms with Crippen molar-refractivity contribution in [2.75, 3.05) is 33.4 Å². The Morgan fingerprint density at radius 2 is 1.78 bits per heavy atom. The summed E-state index contributed by atoms with van der Waals surface area (Å²) in [6.07, 6.45) is 0.935. The van der Waals surface area contributed by atoms with E-state index in [1.807, 2.05) is 18.5 Å². The van der Waals surface area contributed by atoms with Gasteiger partial charge in [0, 0.05) is 52.5 Å². The van der Waals surface area contributed by atoms with Gasteiger partial charge in [-0.2, -0.15) is 0 Å². The summed E-state index contributed by atoms with van der Waals surface area (Å²) < 4.78 is 7.07. The molecule has 0 aliphatic heterocycles. The van der Waals surface area contributed by atoms with Gasteiger partial charge in [0.2, 0.25) is 0 Å². The number of aromatic nitrogens is 3. The average molecular weight is 495 g/mol. The lowest BCUT2D eigenvalue weighted by Crippen LogP contribution is -2.45. The summed E-state index contributed by atoms with van der Waals surface area (Å²) >= 11 is 0. The van der Waals surface area contributed by atoms with E-state index in [2.05, 4.69) is 58.4 Å². The fourth-order valence-electron chi connectivity index (χ4n) is 2.75. The van der Waals surface area contributed by atoms with E-state index in [9.17, 15) is 0 Å². The minimum atomic E-state index is 0. The number of nitrogens with zero attached hydrogens (tertiary/aromatic N) is 5. The molecular formula is C18H38IN7O. The second-order valence-electron chi connectivity index (χ2n) is 7.01. The van der Waals surface area contributed by atoms with E-state index >= 15 is 0 Å². The van der Waals surface area contributed by atoms with Crippen molar-refractivity contribution in [3.8, 4) is 0 Å². The Morgan fingerprint density at radius 3 is 2.30 bits per heavy atom. The van der Waals surface area contributed by atoms with E-state index in [1.54, 1.807) is 7.11 Å². The molecule has 0 amide bonds. The first-order valence-corrected chi connectivity index (χ1v) is 9.48. The third-order valence-corrected chi connectivity index (χ3v) is 4.37. The number of guanidine groups is 1. The van der Waals surface area contributed by atoms with Crippen LogP contribution in [0, 0.1) is 6.92 Å². The van der Waals surface area contributed by atoms with Gasteiger partial charge < -0.3 is 19.9 Å². The SMILES string of the molecule is COCCCNC(=NCc1nnc(C)n1C)NCCN(C(C)C)C(C)C.I. The Morgan fingerprint density at radius 1 is 1.15 bits per heavy atom. The van der Waals surface area contributed by atoms with Crippen LogP contribution >= 0.6 is 24.0 Å². The predicted molar refractivity (Wildman–Crippen MR) is 122 cm³/mol. The van der Waals surface area contributed by atoms with Crippen molar-refractivity contribution in [3.63, 3.8) is 0 Å². The predicted octanol–water partition coefficient (Wildman–Crippen LogP) is 1.93. The van der Waals surface area contributed by atoms with Gasteiger partial charge in [-0.3, -0.25) is 4.90 Å². The van der Waals surface area contributed by atoms with Crippen molar-refractivity contribution in [2.24, 2.45) is 12.0 Å². The minimum Gasteiger partial charge on any atom is -0.385 e. The third kappa shape index (κ3) is 9.70. The smallest absolute Gasteiger partial charge is 0.191 e. The zero-order valence-corrected chi connectivity index (χ0v) is 20.3. The molecule has 8 nitrogen and oxygen atoms in total. The van der Waals surface area contributed by atoms with E-state index in [-0.39, 0.29) is 24.0 Å². The number of aliphatic imine (C=N–C) groups is 1. The molecule has 27 heavy (non-hydrogen) atoms. The van der Waals surface area contributed by atoms with Gasteiger partial charge in [-0.1, -0.05) is 0 Å². The second-order valence-corrected chi connectivity index (χ2v) is 7.01. The number of halogens is 1. The average Bonchev–Trinajstić information content (AvgIpc) is 2.90. The van der Waals surface area contributed by atoms with Crippen molar-refractivity contribution in [1.82, 2.24) is 30.3 Å². The van der Waals surface area contributed by atoms with Gasteiger partial charge in [-0.15, -0.1) is 34.2 Å². The molecule has 1 aromatic rings. The molecule has 2 N–H and O–H groups in total. The van der Waals surface area contributed by atoms with Gasteiger partial charge in [0.15, 0.2) is 11.8 Å². The lowest BCUT2D eigenvalue weighted by molar-refractivity contribution is 0.178. The normalized spacial score (nSPS) is 12.0. The van der Waals surface area contributed by atoms with Crippen LogP contribution in [0.4, 0.5) is 0 Å². The summed E-state index contributed by atoms with van der Waals surface area (Å²) in [5, 5.41) is 15.1. The summed E-state index contributed by atoms with van der Waals surface area (Å²) in [4.78, 5) is 7.12. The van der Waals surface area contributed by atoms with Crippen molar-refractivity contribution >= 4 is 29.9 Å². The maximum atomic E-state index is 5.11. The quantitative estimate of drug-likeness (QED) is 0.212. The standard InChI is InChI=1S/C18H37N7O.HI/c1-14(2)25(15(3)4)11-10-20-18(19-9-8-12-26-7)21-13-17-23-22-16(5)24(17)6;/h14-15H,8-13H2,1-7H3,(H2,19,20,21);1H. The number of ether oxygens (including phenoxy) is 1. The molecule has 1 aromatic heterocycles. The van der Waals surface area contributed by atoms with Gasteiger partial charge in [-0.05, 0) is 41.0 Å². The minimum absolute atomic E-state index is 0. The van der Waals surface area contributed by atoms with Crippen LogP contribution in [0.1, 0.15) is 45.8 Å². The number of methoxy groups -OCH3 is 1. The summed E-state index contributed by atoms with van der Waals surface area (Å²) in [7, 11) is 3.68. The van der Waals surface area contributed by atoms with Crippen LogP contribution in [0.2, 0.25) is 0 Å². The zero-order chi connectivity index (χ0) is 19.5. The highest BCUT2D eigenvalue weighted by Crippen LogP contribution is 2.03. The molecule has 0 saturated carbocycles. The third-order valence-electron chi connectivity index (χ3n) is 4.37. The lowest BCUT2D eigenvalue weighted by Gasteiger charge is -2.30. The van der Waals surface area contributed by atoms with Crippen LogP contribution in [0.3, 0.4) is 0 Å². The van der Waals surface area contributed by atoms with Gasteiger partial charge in [0.1, 0.15) is 12.4 Å². The first kappa shape index (κ1) is 26.1. The van der Waals surface area contributed by atoms with Crippen LogP contribution < -0.4 is 10.6 Å². The van der Waals surface area contributed by atoms with E-state index in [1.165, 1.54) is 0 Å². The molecule has 0 aromatic carbocycles. The monoisotopic (exact) mass is 495 g/mol. The number of hydrogen-bond donors (Lipinski definition) is 2. The topological polar surface area (TPSA) is 79.6 Å². The van der Waals surface area contributed by atoms with Crippen LogP contribution in [-0.4, -0.2) is 71.1 Å². The summed E-state index contributed by atoms with van der Waals surface area (Å²) in [6, 6.07) is 1.04. The first-order valence-electron chi connectivity index (χ1n) is 9.48. The Hall–Kier alpha value is -0.940. The molecular weight excluding hydrogens is 457 g/mol. The number of hydrogen-bond acceptors (Lipinski definition) is 5. The molecule has 158 valence electrons. The van der Waals surface area contributed by atoms with Gasteiger partial charge in [0.05, 0.1) is 0 Å². The highest BCUT2D eigenvalue weighted by molar-refractivity contribution is 14.0. The molecule has 0 fully saturated rings. The zero-order valence-electron chi connectivity index (χ0n) is 17.9. The van der Waals surface area contributed by atoms with Gasteiger partial charge in [-0.25, -0.2) is 4.99 Å². The van der Waals surface area contributed by atoms with Crippen molar-refractivity contribution in [3.05, 3.63) is 11.6 Å². The molecule has 1 rings (SSSR count). The van der Waals surface area contributed by atoms with Gasteiger partial charge in [0.25, 0.3) is 0 Å². The number of nitrogens with one attached hydrogen (secondary N) is 2. The molecule has 9 heteroatoms. The Kier molecular flexibility index (Phi) is 13.6. The van der Waals surface area contributed by atoms with Crippen molar-refractivity contribution in [1.29, 1.82) is 0 Å². The van der Waals surface area contributed by atoms with Crippen LogP contribution in [-0.2, 0) is 18.3 Å². The summed E-state index contributed by atoms with van der Waals surface area (Å²) in [5.41, 5.74) is 0. The van der Waals surface area contributed by atoms with Crippen LogP contribution in [0.15, 0.2) is 4.99 Å². The molecule has 0 radical (unpaired) electrons. The molecule has 0 bridgehead atoms. The Balaban J connectivity index is 0.00000676. The molecule has 0 atom stereocenters. The molecule has 1 heterocycles. The Labute approximate surface area is 181 Å². The maximum Gasteiger partial charge on any atom is 0.191 e. The molecule has 0 spiro atoms. The molecule has 0 unspecified atom stereocenters. The highest BCUT2D eigenvalue weighted by atomic mass is 127. The first-order chi connectivity index (χ1) is 12.4. The van der Waals surface area contributed by atoms with E-state index in [0.717, 1.165) is 50.3 Å². The Bertz CT molecular complexity index is 538. The van der Waals surface area contributed by atoms with E-state index < -0.39 is 0 Å². The molecule has 0 saturated heterocycles. The fraction of sp³-hybridized carbons (Fsp3) is 0.833. The number of aryl methyl sites for hydroxylation is 1.